The van der Waals surface area contributed by atoms with Crippen LogP contribution in [0.5, 0.6) is 0 Å². The van der Waals surface area contributed by atoms with Gasteiger partial charge >= 0.3 is 0 Å². The van der Waals surface area contributed by atoms with E-state index in [0.29, 0.717) is 19.5 Å². The average molecular weight is 353 g/mol. The van der Waals surface area contributed by atoms with Crippen LogP contribution in [0.1, 0.15) is 44.2 Å². The number of carbonyl (C=O) groups excluding carboxylic acids is 2. The molecule has 0 aromatic heterocycles. The zero-order valence-corrected chi connectivity index (χ0v) is 15.3. The summed E-state index contributed by atoms with van der Waals surface area (Å²) in [6.07, 6.45) is 2.88. The molecule has 3 N–H and O–H groups in total. The Kier molecular flexibility index (Phi) is 5.89. The first-order valence-corrected chi connectivity index (χ1v) is 9.42. The van der Waals surface area contributed by atoms with Crippen molar-refractivity contribution in [1.82, 2.24) is 10.2 Å². The molecule has 26 heavy (non-hydrogen) atoms. The highest BCUT2D eigenvalue weighted by Gasteiger charge is 2.34. The lowest BCUT2D eigenvalue weighted by Gasteiger charge is -2.26. The summed E-state index contributed by atoms with van der Waals surface area (Å²) in [4.78, 5) is 26.8. The fourth-order valence-electron chi connectivity index (χ4n) is 3.67. The highest BCUT2D eigenvalue weighted by molar-refractivity contribution is 5.89. The van der Waals surface area contributed by atoms with Crippen LogP contribution < -0.4 is 11.1 Å². The summed E-state index contributed by atoms with van der Waals surface area (Å²) in [7, 11) is 0. The molecule has 2 aromatic rings. The number of nitrogens with one attached hydrogen (secondary N) is 1. The number of fused-ring (bicyclic) bond motifs is 1. The molecule has 0 bridgehead atoms. The first kappa shape index (κ1) is 18.4. The topological polar surface area (TPSA) is 75.4 Å². The Hall–Kier alpha value is -2.40. The van der Waals surface area contributed by atoms with E-state index >= 15 is 0 Å². The van der Waals surface area contributed by atoms with Gasteiger partial charge in [0, 0.05) is 19.5 Å². The van der Waals surface area contributed by atoms with Crippen LogP contribution in [0.15, 0.2) is 42.5 Å². The van der Waals surface area contributed by atoms with Crippen LogP contribution in [-0.2, 0) is 9.59 Å². The molecule has 5 nitrogen and oxygen atoms in total. The van der Waals surface area contributed by atoms with Gasteiger partial charge in [0.15, 0.2) is 0 Å². The molecule has 138 valence electrons. The van der Waals surface area contributed by atoms with Gasteiger partial charge in [-0.1, -0.05) is 43.3 Å². The molecule has 2 atom stereocenters. The van der Waals surface area contributed by atoms with E-state index in [1.807, 2.05) is 31.2 Å². The summed E-state index contributed by atoms with van der Waals surface area (Å²) in [5.74, 6) is -0.0317. The summed E-state index contributed by atoms with van der Waals surface area (Å²) in [6, 6.07) is 13.6. The van der Waals surface area contributed by atoms with E-state index in [9.17, 15) is 9.59 Å². The van der Waals surface area contributed by atoms with Gasteiger partial charge in [-0.15, -0.1) is 0 Å². The van der Waals surface area contributed by atoms with Crippen LogP contribution in [-0.4, -0.2) is 35.8 Å². The van der Waals surface area contributed by atoms with Crippen molar-refractivity contribution in [3.63, 3.8) is 0 Å². The summed E-state index contributed by atoms with van der Waals surface area (Å²) in [6.45, 7) is 2.97. The number of likely N-dealkylation sites (tertiary alicyclic amines) is 1. The van der Waals surface area contributed by atoms with Gasteiger partial charge in [0.05, 0.1) is 6.04 Å². The first-order chi connectivity index (χ1) is 12.6. The molecule has 1 aliphatic rings. The number of nitrogens with two attached hydrogens (primary N) is 1. The first-order valence-electron chi connectivity index (χ1n) is 9.42. The molecule has 2 unspecified atom stereocenters. The van der Waals surface area contributed by atoms with E-state index in [1.165, 1.54) is 0 Å². The summed E-state index contributed by atoms with van der Waals surface area (Å²) in [5, 5.41) is 5.34. The number of rotatable bonds is 6. The number of hydrogen-bond acceptors (Lipinski definition) is 3. The standard InChI is InChI=1S/C21H27N3O2/c1-2-6-20(25)24-12-5-9-19(24)21(26)23-18(14-22)17-11-10-15-7-3-4-8-16(15)13-17/h3-4,7-8,10-11,13,18-19H,2,5-6,9,12,14,22H2,1H3,(H,23,26). The maximum absolute atomic E-state index is 12.8. The van der Waals surface area contributed by atoms with Gasteiger partial charge in [-0.25, -0.2) is 0 Å². The lowest BCUT2D eigenvalue weighted by molar-refractivity contribution is -0.138. The second-order valence-electron chi connectivity index (χ2n) is 6.90. The Bertz CT molecular complexity index is 790. The minimum absolute atomic E-state index is 0.0696. The van der Waals surface area contributed by atoms with Crippen molar-refractivity contribution in [2.24, 2.45) is 5.73 Å². The number of nitrogens with zero attached hydrogens (tertiary/aromatic N) is 1. The highest BCUT2D eigenvalue weighted by atomic mass is 16.2. The van der Waals surface area contributed by atoms with Crippen molar-refractivity contribution in [2.75, 3.05) is 13.1 Å². The van der Waals surface area contributed by atoms with Crippen molar-refractivity contribution in [1.29, 1.82) is 0 Å². The van der Waals surface area contributed by atoms with Crippen molar-refractivity contribution in [2.45, 2.75) is 44.7 Å². The summed E-state index contributed by atoms with van der Waals surface area (Å²) >= 11 is 0. The lowest BCUT2D eigenvalue weighted by atomic mass is 10.0. The van der Waals surface area contributed by atoms with E-state index in [4.69, 9.17) is 5.73 Å². The molecule has 2 amide bonds. The maximum Gasteiger partial charge on any atom is 0.243 e. The van der Waals surface area contributed by atoms with Gasteiger partial charge in [-0.3, -0.25) is 9.59 Å². The van der Waals surface area contributed by atoms with Crippen LogP contribution >= 0.6 is 0 Å². The molecule has 0 aliphatic carbocycles. The van der Waals surface area contributed by atoms with Crippen LogP contribution in [0.4, 0.5) is 0 Å². The van der Waals surface area contributed by atoms with Gasteiger partial charge in [-0.05, 0) is 41.7 Å². The molecule has 1 aliphatic heterocycles. The van der Waals surface area contributed by atoms with Gasteiger partial charge < -0.3 is 16.0 Å². The number of benzene rings is 2. The molecule has 0 saturated carbocycles. The Morgan fingerprint density at radius 1 is 1.23 bits per heavy atom. The van der Waals surface area contributed by atoms with E-state index in [1.54, 1.807) is 4.90 Å². The smallest absolute Gasteiger partial charge is 0.243 e. The molecule has 3 rings (SSSR count). The van der Waals surface area contributed by atoms with Gasteiger partial charge in [-0.2, -0.15) is 0 Å². The average Bonchev–Trinajstić information content (AvgIpc) is 3.16. The normalized spacial score (nSPS) is 18.1. The minimum atomic E-state index is -0.372. The quantitative estimate of drug-likeness (QED) is 0.838. The van der Waals surface area contributed by atoms with Crippen molar-refractivity contribution in [3.05, 3.63) is 48.0 Å². The van der Waals surface area contributed by atoms with Crippen LogP contribution in [0.2, 0.25) is 0 Å². The van der Waals surface area contributed by atoms with Crippen LogP contribution in [0, 0.1) is 0 Å². The number of hydrogen-bond donors (Lipinski definition) is 2. The SMILES string of the molecule is CCCC(=O)N1CCCC1C(=O)NC(CN)c1ccc2ccccc2c1. The fourth-order valence-corrected chi connectivity index (χ4v) is 3.67. The molecule has 2 aromatic carbocycles. The lowest BCUT2D eigenvalue weighted by Crippen LogP contribution is -2.47. The third-order valence-electron chi connectivity index (χ3n) is 5.07. The van der Waals surface area contributed by atoms with Crippen molar-refractivity contribution in [3.8, 4) is 0 Å². The molecular weight excluding hydrogens is 326 g/mol. The van der Waals surface area contributed by atoms with Gasteiger partial charge in [0.2, 0.25) is 11.8 Å². The highest BCUT2D eigenvalue weighted by Crippen LogP contribution is 2.23. The predicted molar refractivity (Wildman–Crippen MR) is 104 cm³/mol. The Labute approximate surface area is 154 Å². The monoisotopic (exact) mass is 353 g/mol. The Morgan fingerprint density at radius 2 is 2.00 bits per heavy atom. The van der Waals surface area contributed by atoms with Crippen molar-refractivity contribution < 1.29 is 9.59 Å². The molecule has 1 fully saturated rings. The zero-order valence-electron chi connectivity index (χ0n) is 15.3. The Balaban J connectivity index is 1.74. The van der Waals surface area contributed by atoms with Crippen molar-refractivity contribution >= 4 is 22.6 Å². The van der Waals surface area contributed by atoms with E-state index in [0.717, 1.165) is 35.6 Å². The minimum Gasteiger partial charge on any atom is -0.346 e. The maximum atomic E-state index is 12.8. The third-order valence-corrected chi connectivity index (χ3v) is 5.07. The third kappa shape index (κ3) is 3.88. The van der Waals surface area contributed by atoms with E-state index < -0.39 is 0 Å². The predicted octanol–water partition coefficient (Wildman–Crippen LogP) is 2.75. The molecule has 5 heteroatoms. The number of carbonyl (C=O) groups is 2. The molecule has 0 spiro atoms. The van der Waals surface area contributed by atoms with Gasteiger partial charge in [0.1, 0.15) is 6.04 Å². The fraction of sp³-hybridized carbons (Fsp3) is 0.429. The molecular formula is C21H27N3O2. The molecule has 0 radical (unpaired) electrons. The van der Waals surface area contributed by atoms with Crippen LogP contribution in [0.25, 0.3) is 10.8 Å². The second-order valence-corrected chi connectivity index (χ2v) is 6.90. The largest absolute Gasteiger partial charge is 0.346 e. The summed E-state index contributed by atoms with van der Waals surface area (Å²) in [5.41, 5.74) is 6.93. The Morgan fingerprint density at radius 3 is 2.73 bits per heavy atom. The molecule has 1 saturated heterocycles. The van der Waals surface area contributed by atoms with E-state index in [2.05, 4.69) is 23.5 Å². The zero-order chi connectivity index (χ0) is 18.5. The summed E-state index contributed by atoms with van der Waals surface area (Å²) < 4.78 is 0. The van der Waals surface area contributed by atoms with Crippen LogP contribution in [0.3, 0.4) is 0 Å². The number of amides is 2. The molecule has 1 heterocycles. The van der Waals surface area contributed by atoms with E-state index in [-0.39, 0.29) is 23.9 Å². The van der Waals surface area contributed by atoms with Gasteiger partial charge in [0.25, 0.3) is 0 Å². The second kappa shape index (κ2) is 8.32.